The van der Waals surface area contributed by atoms with E-state index in [4.69, 9.17) is 8.85 Å². The second kappa shape index (κ2) is 4.21. The second-order valence-corrected chi connectivity index (χ2v) is 14.6. The lowest BCUT2D eigenvalue weighted by Crippen LogP contribution is -2.25. The Kier molecular flexibility index (Phi) is 4.92. The number of hydrogen-bond acceptors (Lipinski definition) is 2. The van der Waals surface area contributed by atoms with Crippen LogP contribution < -0.4 is 0 Å². The Balaban J connectivity index is 3.37. The molecule has 1 atom stereocenters. The topological polar surface area (TPSA) is 18.5 Å². The van der Waals surface area contributed by atoms with E-state index in [1.807, 2.05) is 6.92 Å². The maximum Gasteiger partial charge on any atom is 0.483 e. The predicted octanol–water partition coefficient (Wildman–Crippen LogP) is 1.93. The van der Waals surface area contributed by atoms with Crippen molar-refractivity contribution in [2.75, 3.05) is 13.7 Å². The van der Waals surface area contributed by atoms with Crippen molar-refractivity contribution in [2.24, 2.45) is 0 Å². The summed E-state index contributed by atoms with van der Waals surface area (Å²) in [6, 6.07) is 0. The van der Waals surface area contributed by atoms with E-state index in [2.05, 4.69) is 37.1 Å². The van der Waals surface area contributed by atoms with Crippen LogP contribution in [-0.2, 0) is 8.85 Å². The molecule has 0 radical (unpaired) electrons. The summed E-state index contributed by atoms with van der Waals surface area (Å²) in [4.78, 5) is 0. The van der Waals surface area contributed by atoms with Crippen LogP contribution in [0.3, 0.4) is 0 Å². The van der Waals surface area contributed by atoms with Crippen molar-refractivity contribution >= 4 is 41.8 Å². The van der Waals surface area contributed by atoms with Gasteiger partial charge in [0.25, 0.3) is 0 Å². The van der Waals surface area contributed by atoms with Gasteiger partial charge in [-0.1, -0.05) is 0 Å². The van der Waals surface area contributed by atoms with Gasteiger partial charge < -0.3 is 8.85 Å². The highest BCUT2D eigenvalue weighted by atomic mass is 127. The standard InChI is InChI=1S/C3H8BrIO2Si/c1-3-7-8(4,5)6-2/h3H2,1-2H3. The van der Waals surface area contributed by atoms with Gasteiger partial charge in [-0.3, -0.25) is 0 Å². The molecule has 0 aliphatic carbocycles. The third-order valence-electron chi connectivity index (χ3n) is 0.550. The Hall–Kier alpha value is 1.35. The van der Waals surface area contributed by atoms with Crippen molar-refractivity contribution in [3.63, 3.8) is 0 Å². The van der Waals surface area contributed by atoms with Gasteiger partial charge in [0.2, 0.25) is 0 Å². The van der Waals surface area contributed by atoms with E-state index in [1.54, 1.807) is 7.11 Å². The molecule has 0 saturated carbocycles. The summed E-state index contributed by atoms with van der Waals surface area (Å²) in [5, 5.41) is 0. The molecule has 0 spiro atoms. The first-order valence-electron chi connectivity index (χ1n) is 2.19. The van der Waals surface area contributed by atoms with E-state index < -0.39 is 4.68 Å². The summed E-state index contributed by atoms with van der Waals surface area (Å²) >= 11 is 5.47. The van der Waals surface area contributed by atoms with Crippen LogP contribution >= 0.6 is 37.1 Å². The van der Waals surface area contributed by atoms with Gasteiger partial charge in [0.1, 0.15) is 0 Å². The van der Waals surface area contributed by atoms with E-state index in [0.29, 0.717) is 6.61 Å². The number of halogens is 2. The highest BCUT2D eigenvalue weighted by Crippen LogP contribution is 2.21. The summed E-state index contributed by atoms with van der Waals surface area (Å²) in [7, 11) is 1.64. The summed E-state index contributed by atoms with van der Waals surface area (Å²) < 4.78 is 8.30. The van der Waals surface area contributed by atoms with Gasteiger partial charge in [0.05, 0.1) is 0 Å². The minimum absolute atomic E-state index is 0.703. The second-order valence-electron chi connectivity index (χ2n) is 1.10. The van der Waals surface area contributed by atoms with E-state index in [0.717, 1.165) is 0 Å². The van der Waals surface area contributed by atoms with Crippen LogP contribution in [0, 0.1) is 0 Å². The van der Waals surface area contributed by atoms with Gasteiger partial charge in [0, 0.05) is 13.7 Å². The van der Waals surface area contributed by atoms with E-state index in [-0.39, 0.29) is 0 Å². The van der Waals surface area contributed by atoms with Gasteiger partial charge in [-0.2, -0.15) is 0 Å². The van der Waals surface area contributed by atoms with Crippen LogP contribution in [-0.4, -0.2) is 18.4 Å². The molecule has 0 aliphatic heterocycles. The Morgan fingerprint density at radius 3 is 2.38 bits per heavy atom. The van der Waals surface area contributed by atoms with Crippen molar-refractivity contribution < 1.29 is 8.85 Å². The lowest BCUT2D eigenvalue weighted by molar-refractivity contribution is 0.259. The molecule has 0 N–H and O–H groups in total. The lowest BCUT2D eigenvalue weighted by Gasteiger charge is -2.12. The molecule has 50 valence electrons. The largest absolute Gasteiger partial charge is 0.483 e. The molecule has 8 heavy (non-hydrogen) atoms. The molecule has 0 saturated heterocycles. The number of hydrogen-bond donors (Lipinski definition) is 0. The van der Waals surface area contributed by atoms with Gasteiger partial charge in [0.15, 0.2) is 0 Å². The van der Waals surface area contributed by atoms with Crippen molar-refractivity contribution in [1.82, 2.24) is 0 Å². The van der Waals surface area contributed by atoms with Crippen LogP contribution in [0.4, 0.5) is 0 Å². The van der Waals surface area contributed by atoms with Crippen LogP contribution in [0.15, 0.2) is 0 Å². The Labute approximate surface area is 71.0 Å². The molecule has 1 unspecified atom stereocenters. The van der Waals surface area contributed by atoms with Crippen molar-refractivity contribution in [3.05, 3.63) is 0 Å². The SMILES string of the molecule is CCO[Si](Br)(I)OC. The van der Waals surface area contributed by atoms with E-state index in [9.17, 15) is 0 Å². The maximum absolute atomic E-state index is 5.20. The maximum atomic E-state index is 5.20. The predicted molar refractivity (Wildman–Crippen MR) is 47.3 cm³/mol. The van der Waals surface area contributed by atoms with Gasteiger partial charge >= 0.3 is 4.68 Å². The lowest BCUT2D eigenvalue weighted by atomic mass is 10.9. The van der Waals surface area contributed by atoms with Crippen molar-refractivity contribution in [1.29, 1.82) is 0 Å². The monoisotopic (exact) mass is 310 g/mol. The van der Waals surface area contributed by atoms with Crippen LogP contribution in [0.1, 0.15) is 6.92 Å². The molecule has 0 aromatic carbocycles. The quantitative estimate of drug-likeness (QED) is 0.450. The van der Waals surface area contributed by atoms with Gasteiger partial charge in [-0.05, 0) is 44.0 Å². The summed E-state index contributed by atoms with van der Waals surface area (Å²) in [6.07, 6.45) is 0. The zero-order valence-corrected chi connectivity index (χ0v) is 9.52. The van der Waals surface area contributed by atoms with E-state index in [1.165, 1.54) is 0 Å². The fourth-order valence-corrected chi connectivity index (χ4v) is 2.30. The smallest absolute Gasteiger partial charge is 0.382 e. The normalized spacial score (nSPS) is 18.0. The molecule has 0 amide bonds. The van der Waals surface area contributed by atoms with E-state index >= 15 is 0 Å². The first-order chi connectivity index (χ1) is 3.62. The fraction of sp³-hybridized carbons (Fsp3) is 1.00. The van der Waals surface area contributed by atoms with Crippen LogP contribution in [0.25, 0.3) is 0 Å². The molecular weight excluding hydrogens is 303 g/mol. The first kappa shape index (κ1) is 9.35. The Morgan fingerprint density at radius 1 is 1.75 bits per heavy atom. The molecule has 0 aromatic rings. The van der Waals surface area contributed by atoms with Crippen LogP contribution in [0.2, 0.25) is 0 Å². The van der Waals surface area contributed by atoms with Gasteiger partial charge in [-0.15, -0.1) is 0 Å². The van der Waals surface area contributed by atoms with Gasteiger partial charge in [-0.25, -0.2) is 0 Å². The molecule has 2 nitrogen and oxygen atoms in total. The average molecular weight is 311 g/mol. The molecule has 0 heterocycles. The molecule has 0 aromatic heterocycles. The zero-order valence-electron chi connectivity index (χ0n) is 4.78. The third kappa shape index (κ3) is 4.25. The molecule has 0 rings (SSSR count). The first-order valence-corrected chi connectivity index (χ1v) is 9.38. The minimum Gasteiger partial charge on any atom is -0.382 e. The summed E-state index contributed by atoms with van der Waals surface area (Å²) in [5.41, 5.74) is 0. The molecule has 5 heteroatoms. The summed E-state index contributed by atoms with van der Waals surface area (Å²) in [5.74, 6) is 0. The molecule has 0 fully saturated rings. The average Bonchev–Trinajstić information content (AvgIpc) is 1.67. The fourth-order valence-electron chi connectivity index (χ4n) is 0.227. The Bertz CT molecular complexity index is 70.3. The van der Waals surface area contributed by atoms with Crippen LogP contribution in [0.5, 0.6) is 0 Å². The zero-order chi connectivity index (χ0) is 6.62. The van der Waals surface area contributed by atoms with Crippen molar-refractivity contribution in [2.45, 2.75) is 6.92 Å². The minimum atomic E-state index is -1.89. The molecule has 0 aliphatic rings. The molecular formula is C3H8BrIO2Si. The number of rotatable bonds is 3. The summed E-state index contributed by atoms with van der Waals surface area (Å²) in [6.45, 7) is 2.65. The highest BCUT2D eigenvalue weighted by molar-refractivity contribution is 14.1. The highest BCUT2D eigenvalue weighted by Gasteiger charge is 2.28. The third-order valence-corrected chi connectivity index (χ3v) is 5.56. The Morgan fingerprint density at radius 2 is 2.25 bits per heavy atom. The van der Waals surface area contributed by atoms with Crippen molar-refractivity contribution in [3.8, 4) is 0 Å². The molecule has 0 bridgehead atoms.